The van der Waals surface area contributed by atoms with Crippen molar-refractivity contribution in [1.29, 1.82) is 0 Å². The maximum atomic E-state index is 12.8. The standard InChI is InChI=1S/C22H29ClO4S2.C2H6/c1-22-10-8-17-16-4-2-14(9-11-23)12-15(16)3-5-18(17)19(22)6-7-20(22)21(24)13-28-29(25,26)27;1-2/h3,14,16-20H,2,4-8,10,12-13H2,1H3,(H,25,26,27);1-2H3. The number of rotatable bonds is 4. The summed E-state index contributed by atoms with van der Waals surface area (Å²) >= 11 is 5.63. The number of carbonyl (C=O) groups is 1. The molecule has 174 valence electrons. The number of ketones is 1. The van der Waals surface area contributed by atoms with Gasteiger partial charge in [-0.05, 0) is 92.1 Å². The van der Waals surface area contributed by atoms with Crippen molar-refractivity contribution >= 4 is 37.3 Å². The molecule has 1 N–H and O–H groups in total. The highest BCUT2D eigenvalue weighted by molar-refractivity contribution is 8.70. The van der Waals surface area contributed by atoms with E-state index >= 15 is 0 Å². The Bertz CT molecular complexity index is 872. The van der Waals surface area contributed by atoms with E-state index in [1.807, 2.05) is 13.8 Å². The summed E-state index contributed by atoms with van der Waals surface area (Å²) in [5, 5.41) is 2.57. The quantitative estimate of drug-likeness (QED) is 0.224. The van der Waals surface area contributed by atoms with Gasteiger partial charge in [0.1, 0.15) is 5.78 Å². The molecular weight excluding hydrogens is 452 g/mol. The van der Waals surface area contributed by atoms with Crippen molar-refractivity contribution in [3.8, 4) is 11.3 Å². The van der Waals surface area contributed by atoms with E-state index in [0.717, 1.165) is 44.9 Å². The van der Waals surface area contributed by atoms with Crippen molar-refractivity contribution in [2.24, 2.45) is 40.9 Å². The molecule has 4 aliphatic carbocycles. The van der Waals surface area contributed by atoms with Gasteiger partial charge in [-0.15, -0.1) is 0 Å². The Labute approximate surface area is 196 Å². The predicted molar refractivity (Wildman–Crippen MR) is 128 cm³/mol. The molecule has 0 bridgehead atoms. The number of hydrogen-bond acceptors (Lipinski definition) is 4. The Kier molecular flexibility index (Phi) is 8.27. The number of allylic oxidation sites excluding steroid dienone is 2. The van der Waals surface area contributed by atoms with Crippen LogP contribution in [-0.4, -0.2) is 24.5 Å². The van der Waals surface area contributed by atoms with Crippen molar-refractivity contribution < 1.29 is 17.8 Å². The van der Waals surface area contributed by atoms with E-state index in [2.05, 4.69) is 24.3 Å². The maximum absolute atomic E-state index is 12.8. The molecular formula is C24H35ClO4S2. The van der Waals surface area contributed by atoms with Gasteiger partial charge in [-0.2, -0.15) is 8.42 Å². The van der Waals surface area contributed by atoms with Gasteiger partial charge < -0.3 is 0 Å². The molecule has 0 amide bonds. The first-order valence-corrected chi connectivity index (χ1v) is 15.0. The lowest BCUT2D eigenvalue weighted by Crippen LogP contribution is -2.47. The van der Waals surface area contributed by atoms with Gasteiger partial charge in [-0.1, -0.05) is 38.3 Å². The van der Waals surface area contributed by atoms with Crippen molar-refractivity contribution in [3.05, 3.63) is 11.6 Å². The van der Waals surface area contributed by atoms with Crippen molar-refractivity contribution in [2.45, 2.75) is 72.1 Å². The monoisotopic (exact) mass is 486 g/mol. The van der Waals surface area contributed by atoms with Gasteiger partial charge in [-0.25, -0.2) is 0 Å². The first-order chi connectivity index (χ1) is 14.7. The predicted octanol–water partition coefficient (Wildman–Crippen LogP) is 6.12. The Morgan fingerprint density at radius 2 is 1.97 bits per heavy atom. The highest BCUT2D eigenvalue weighted by atomic mass is 35.5. The van der Waals surface area contributed by atoms with E-state index in [9.17, 15) is 13.2 Å². The molecule has 7 unspecified atom stereocenters. The van der Waals surface area contributed by atoms with E-state index in [4.69, 9.17) is 16.2 Å². The molecule has 0 aromatic rings. The lowest BCUT2D eigenvalue weighted by Gasteiger charge is -2.53. The first-order valence-electron chi connectivity index (χ1n) is 11.7. The summed E-state index contributed by atoms with van der Waals surface area (Å²) in [6.07, 6.45) is 11.0. The van der Waals surface area contributed by atoms with Crippen molar-refractivity contribution in [2.75, 3.05) is 5.75 Å². The minimum absolute atomic E-state index is 0.0109. The molecule has 31 heavy (non-hydrogen) atoms. The fourth-order valence-electron chi connectivity index (χ4n) is 7.23. The second-order valence-electron chi connectivity index (χ2n) is 9.60. The Balaban J connectivity index is 0.00000132. The fraction of sp³-hybridized carbons (Fsp3) is 0.792. The smallest absolute Gasteiger partial charge is 0.298 e. The summed E-state index contributed by atoms with van der Waals surface area (Å²) in [4.78, 5) is 12.8. The molecule has 3 saturated carbocycles. The van der Waals surface area contributed by atoms with Gasteiger partial charge in [0.05, 0.1) is 5.75 Å². The Hall–Kier alpha value is -0.480. The molecule has 4 nitrogen and oxygen atoms in total. The van der Waals surface area contributed by atoms with Crippen LogP contribution in [0.3, 0.4) is 0 Å². The maximum Gasteiger partial charge on any atom is 0.320 e. The molecule has 0 aromatic heterocycles. The molecule has 3 fully saturated rings. The minimum atomic E-state index is -4.17. The molecule has 0 heterocycles. The van der Waals surface area contributed by atoms with E-state index in [0.29, 0.717) is 40.4 Å². The highest BCUT2D eigenvalue weighted by Gasteiger charge is 2.57. The summed E-state index contributed by atoms with van der Waals surface area (Å²) in [5.41, 5.74) is 1.55. The van der Waals surface area contributed by atoms with E-state index in [1.165, 1.54) is 6.42 Å². The molecule has 0 radical (unpaired) electrons. The summed E-state index contributed by atoms with van der Waals surface area (Å²) in [7, 11) is -3.81. The average molecular weight is 487 g/mol. The summed E-state index contributed by atoms with van der Waals surface area (Å²) in [5.74, 6) is 5.84. The molecule has 4 rings (SSSR count). The molecule has 7 heteroatoms. The molecule has 7 atom stereocenters. The van der Waals surface area contributed by atoms with Crippen LogP contribution in [0.1, 0.15) is 72.1 Å². The third-order valence-corrected chi connectivity index (χ3v) is 10.5. The molecule has 4 aliphatic rings. The van der Waals surface area contributed by atoms with Crippen LogP contribution in [-0.2, 0) is 13.9 Å². The van der Waals surface area contributed by atoms with E-state index in [1.54, 1.807) is 5.57 Å². The topological polar surface area (TPSA) is 71.4 Å². The molecule has 0 saturated heterocycles. The molecule has 0 spiro atoms. The fourth-order valence-corrected chi connectivity index (χ4v) is 8.65. The lowest BCUT2D eigenvalue weighted by atomic mass is 9.51. The normalized spacial score (nSPS) is 38.8. The Morgan fingerprint density at radius 1 is 1.23 bits per heavy atom. The van der Waals surface area contributed by atoms with Gasteiger partial charge in [0.15, 0.2) is 0 Å². The second-order valence-corrected chi connectivity index (χ2v) is 13.1. The number of Topliss-reactive ketones (excluding diaryl/α,β-unsaturated/α-hetero) is 1. The zero-order chi connectivity index (χ0) is 22.8. The average Bonchev–Trinajstić information content (AvgIpc) is 3.10. The Morgan fingerprint density at radius 3 is 2.65 bits per heavy atom. The van der Waals surface area contributed by atoms with Crippen LogP contribution in [0.2, 0.25) is 0 Å². The van der Waals surface area contributed by atoms with Crippen molar-refractivity contribution in [1.82, 2.24) is 0 Å². The minimum Gasteiger partial charge on any atom is -0.298 e. The lowest BCUT2D eigenvalue weighted by molar-refractivity contribution is -0.126. The van der Waals surface area contributed by atoms with Crippen molar-refractivity contribution in [3.63, 3.8) is 0 Å². The van der Waals surface area contributed by atoms with Crippen LogP contribution in [0.15, 0.2) is 11.6 Å². The number of fused-ring (bicyclic) bond motifs is 5. The molecule has 0 aromatic carbocycles. The largest absolute Gasteiger partial charge is 0.320 e. The summed E-state index contributed by atoms with van der Waals surface area (Å²) in [6, 6.07) is 0. The first kappa shape index (κ1) is 25.1. The third kappa shape index (κ3) is 5.21. The zero-order valence-electron chi connectivity index (χ0n) is 18.8. The third-order valence-electron chi connectivity index (χ3n) is 8.44. The summed E-state index contributed by atoms with van der Waals surface area (Å²) < 4.78 is 31.1. The van der Waals surface area contributed by atoms with E-state index in [-0.39, 0.29) is 22.9 Å². The van der Waals surface area contributed by atoms with Gasteiger partial charge in [0, 0.05) is 28.0 Å². The summed E-state index contributed by atoms with van der Waals surface area (Å²) in [6.45, 7) is 6.26. The van der Waals surface area contributed by atoms with Crippen LogP contribution in [0.4, 0.5) is 0 Å². The SMILES string of the molecule is CC.CC12CCC3C4CCC(C#CCl)CC4=CCC3C1CCC2C(=O)CSS(=O)(=O)O. The van der Waals surface area contributed by atoms with Crippen LogP contribution in [0.25, 0.3) is 0 Å². The zero-order valence-corrected chi connectivity index (χ0v) is 21.2. The van der Waals surface area contributed by atoms with Crippen LogP contribution >= 0.6 is 22.4 Å². The number of halogens is 1. The van der Waals surface area contributed by atoms with Gasteiger partial charge in [0.25, 0.3) is 0 Å². The van der Waals surface area contributed by atoms with Crippen LogP contribution in [0, 0.1) is 52.2 Å². The van der Waals surface area contributed by atoms with Gasteiger partial charge in [-0.3, -0.25) is 9.35 Å². The highest BCUT2D eigenvalue weighted by Crippen LogP contribution is 2.63. The van der Waals surface area contributed by atoms with Gasteiger partial charge >= 0.3 is 9.15 Å². The van der Waals surface area contributed by atoms with Crippen LogP contribution in [0.5, 0.6) is 0 Å². The van der Waals surface area contributed by atoms with E-state index < -0.39 is 9.15 Å². The number of hydrogen-bond donors (Lipinski definition) is 1. The van der Waals surface area contributed by atoms with Crippen LogP contribution < -0.4 is 0 Å². The second kappa shape index (κ2) is 10.2. The van der Waals surface area contributed by atoms with Gasteiger partial charge in [0.2, 0.25) is 0 Å². The molecule has 0 aliphatic heterocycles. The number of carbonyl (C=O) groups excluding carboxylic acids is 1.